The Morgan fingerprint density at radius 3 is 1.97 bits per heavy atom. The number of ketones is 2. The first-order chi connectivity index (χ1) is 15.7. The van der Waals surface area contributed by atoms with Crippen LogP contribution in [0.3, 0.4) is 0 Å². The van der Waals surface area contributed by atoms with Crippen LogP contribution in [0.4, 0.5) is 0 Å². The van der Waals surface area contributed by atoms with Gasteiger partial charge < -0.3 is 9.97 Å². The SMILES string of the molecule is CC(=O)c1c(C)[nH]c(C(=O)CSc2nc(-c3ccc(C)cc3)c(-c3ccc(C)cc3)[nH]2)c1C. The first kappa shape index (κ1) is 22.8. The van der Waals surface area contributed by atoms with Gasteiger partial charge in [-0.1, -0.05) is 71.4 Å². The summed E-state index contributed by atoms with van der Waals surface area (Å²) < 4.78 is 0. The number of aromatic amines is 2. The number of aryl methyl sites for hydroxylation is 3. The first-order valence-electron chi connectivity index (χ1n) is 10.8. The summed E-state index contributed by atoms with van der Waals surface area (Å²) in [6.07, 6.45) is 0. The van der Waals surface area contributed by atoms with E-state index >= 15 is 0 Å². The van der Waals surface area contributed by atoms with Crippen molar-refractivity contribution >= 4 is 23.3 Å². The van der Waals surface area contributed by atoms with Gasteiger partial charge in [0.05, 0.1) is 22.8 Å². The lowest BCUT2D eigenvalue weighted by molar-refractivity contribution is 0.101. The average Bonchev–Trinajstić information content (AvgIpc) is 3.33. The maximum atomic E-state index is 12.9. The molecule has 0 aliphatic carbocycles. The van der Waals surface area contributed by atoms with Crippen LogP contribution in [0.25, 0.3) is 22.5 Å². The van der Waals surface area contributed by atoms with Crippen molar-refractivity contribution in [2.75, 3.05) is 5.75 Å². The molecule has 2 N–H and O–H groups in total. The van der Waals surface area contributed by atoms with Crippen LogP contribution in [0.5, 0.6) is 0 Å². The Morgan fingerprint density at radius 2 is 1.42 bits per heavy atom. The molecule has 4 aromatic rings. The third kappa shape index (κ3) is 4.71. The molecule has 5 nitrogen and oxygen atoms in total. The van der Waals surface area contributed by atoms with Crippen LogP contribution in [-0.4, -0.2) is 32.3 Å². The molecule has 0 atom stereocenters. The summed E-state index contributed by atoms with van der Waals surface area (Å²) in [5, 5.41) is 0.683. The number of carbonyl (C=O) groups is 2. The maximum Gasteiger partial charge on any atom is 0.189 e. The molecular formula is C27H27N3O2S. The summed E-state index contributed by atoms with van der Waals surface area (Å²) in [6, 6.07) is 16.6. The van der Waals surface area contributed by atoms with E-state index in [1.54, 1.807) is 0 Å². The van der Waals surface area contributed by atoms with Gasteiger partial charge in [0, 0.05) is 22.4 Å². The highest BCUT2D eigenvalue weighted by molar-refractivity contribution is 7.99. The molecule has 0 spiro atoms. The van der Waals surface area contributed by atoms with E-state index in [0.717, 1.165) is 28.2 Å². The van der Waals surface area contributed by atoms with Crippen LogP contribution >= 0.6 is 11.8 Å². The smallest absolute Gasteiger partial charge is 0.189 e. The van der Waals surface area contributed by atoms with Crippen LogP contribution in [0.1, 0.15) is 50.2 Å². The molecule has 0 bridgehead atoms. The summed E-state index contributed by atoms with van der Waals surface area (Å²) in [6.45, 7) is 9.28. The Kier molecular flexibility index (Phi) is 6.38. The van der Waals surface area contributed by atoms with Crippen LogP contribution in [0.15, 0.2) is 53.7 Å². The van der Waals surface area contributed by atoms with Crippen molar-refractivity contribution in [1.82, 2.24) is 15.0 Å². The van der Waals surface area contributed by atoms with Crippen LogP contribution in [0.2, 0.25) is 0 Å². The maximum absolute atomic E-state index is 12.9. The van der Waals surface area contributed by atoms with E-state index in [9.17, 15) is 9.59 Å². The topological polar surface area (TPSA) is 78.6 Å². The second-order valence-corrected chi connectivity index (χ2v) is 9.35. The average molecular weight is 458 g/mol. The summed E-state index contributed by atoms with van der Waals surface area (Å²) in [5.74, 6) is 0.120. The molecule has 0 saturated carbocycles. The number of imidazole rings is 1. The summed E-state index contributed by atoms with van der Waals surface area (Å²) in [4.78, 5) is 36.2. The summed E-state index contributed by atoms with van der Waals surface area (Å²) in [5.41, 5.74) is 8.78. The monoisotopic (exact) mass is 457 g/mol. The van der Waals surface area contributed by atoms with E-state index in [1.165, 1.54) is 29.8 Å². The van der Waals surface area contributed by atoms with Gasteiger partial charge in [-0.2, -0.15) is 0 Å². The van der Waals surface area contributed by atoms with Gasteiger partial charge in [-0.25, -0.2) is 4.98 Å². The molecular weight excluding hydrogens is 430 g/mol. The number of thioether (sulfide) groups is 1. The highest BCUT2D eigenvalue weighted by Crippen LogP contribution is 2.33. The third-order valence-corrected chi connectivity index (χ3v) is 6.63. The molecule has 33 heavy (non-hydrogen) atoms. The minimum absolute atomic E-state index is 0.0375. The van der Waals surface area contributed by atoms with Gasteiger partial charge in [0.2, 0.25) is 0 Å². The van der Waals surface area contributed by atoms with Gasteiger partial charge in [-0.3, -0.25) is 9.59 Å². The predicted molar refractivity (Wildman–Crippen MR) is 134 cm³/mol. The fourth-order valence-electron chi connectivity index (χ4n) is 4.03. The largest absolute Gasteiger partial charge is 0.355 e. The second kappa shape index (κ2) is 9.24. The fraction of sp³-hybridized carbons (Fsp3) is 0.222. The lowest BCUT2D eigenvalue weighted by Gasteiger charge is -2.04. The van der Waals surface area contributed by atoms with E-state index in [-0.39, 0.29) is 17.3 Å². The number of nitrogens with one attached hydrogen (secondary N) is 2. The minimum Gasteiger partial charge on any atom is -0.355 e. The quantitative estimate of drug-likeness (QED) is 0.246. The molecule has 4 rings (SSSR count). The Labute approximate surface area is 198 Å². The zero-order valence-corrected chi connectivity index (χ0v) is 20.3. The zero-order valence-electron chi connectivity index (χ0n) is 19.5. The van der Waals surface area contributed by atoms with Gasteiger partial charge in [0.25, 0.3) is 0 Å². The van der Waals surface area contributed by atoms with E-state index in [0.29, 0.717) is 22.0 Å². The molecule has 2 heterocycles. The van der Waals surface area contributed by atoms with Crippen molar-refractivity contribution in [1.29, 1.82) is 0 Å². The molecule has 0 saturated heterocycles. The molecule has 2 aromatic carbocycles. The van der Waals surface area contributed by atoms with E-state index in [2.05, 4.69) is 72.3 Å². The molecule has 0 aliphatic rings. The molecule has 0 fully saturated rings. The van der Waals surface area contributed by atoms with Crippen molar-refractivity contribution in [2.24, 2.45) is 0 Å². The first-order valence-corrected chi connectivity index (χ1v) is 11.8. The van der Waals surface area contributed by atoms with Gasteiger partial charge >= 0.3 is 0 Å². The number of nitrogens with zero attached hydrogens (tertiary/aromatic N) is 1. The van der Waals surface area contributed by atoms with E-state index in [4.69, 9.17) is 4.98 Å². The minimum atomic E-state index is -0.0572. The molecule has 2 aromatic heterocycles. The third-order valence-electron chi connectivity index (χ3n) is 5.76. The van der Waals surface area contributed by atoms with Gasteiger partial charge in [-0.15, -0.1) is 0 Å². The number of rotatable bonds is 7. The van der Waals surface area contributed by atoms with Crippen LogP contribution < -0.4 is 0 Å². The zero-order chi connectivity index (χ0) is 23.7. The molecule has 0 aliphatic heterocycles. The lowest BCUT2D eigenvalue weighted by Crippen LogP contribution is -2.05. The molecule has 168 valence electrons. The molecule has 6 heteroatoms. The highest BCUT2D eigenvalue weighted by atomic mass is 32.2. The molecule has 0 unspecified atom stereocenters. The number of benzene rings is 2. The van der Waals surface area contributed by atoms with Gasteiger partial charge in [-0.05, 0) is 40.2 Å². The van der Waals surface area contributed by atoms with Crippen LogP contribution in [0, 0.1) is 27.7 Å². The van der Waals surface area contributed by atoms with Crippen molar-refractivity contribution in [3.63, 3.8) is 0 Å². The number of hydrogen-bond acceptors (Lipinski definition) is 4. The summed E-state index contributed by atoms with van der Waals surface area (Å²) >= 11 is 1.37. The summed E-state index contributed by atoms with van der Waals surface area (Å²) in [7, 11) is 0. The number of carbonyl (C=O) groups excluding carboxylic acids is 2. The van der Waals surface area contributed by atoms with E-state index < -0.39 is 0 Å². The normalized spacial score (nSPS) is 11.1. The number of aromatic nitrogens is 3. The second-order valence-electron chi connectivity index (χ2n) is 8.39. The van der Waals surface area contributed by atoms with Crippen molar-refractivity contribution in [2.45, 2.75) is 39.8 Å². The molecule has 0 amide bonds. The number of H-pyrrole nitrogens is 2. The Morgan fingerprint density at radius 1 is 0.848 bits per heavy atom. The molecule has 0 radical (unpaired) electrons. The van der Waals surface area contributed by atoms with Crippen molar-refractivity contribution < 1.29 is 9.59 Å². The number of Topliss-reactive ketones (excluding diaryl/α,β-unsaturated/α-hetero) is 2. The fourth-order valence-corrected chi connectivity index (χ4v) is 4.77. The lowest BCUT2D eigenvalue weighted by atomic mass is 10.0. The predicted octanol–water partition coefficient (Wildman–Crippen LogP) is 6.48. The highest BCUT2D eigenvalue weighted by Gasteiger charge is 2.21. The van der Waals surface area contributed by atoms with Crippen molar-refractivity contribution in [3.05, 3.63) is 82.2 Å². The van der Waals surface area contributed by atoms with Crippen LogP contribution in [-0.2, 0) is 0 Å². The Bertz CT molecular complexity index is 1270. The Balaban J connectivity index is 1.63. The van der Waals surface area contributed by atoms with Gasteiger partial charge in [0.1, 0.15) is 0 Å². The standard InChI is InChI=1S/C27H27N3O2S/c1-15-6-10-20(11-7-15)25-26(21-12-8-16(2)9-13-21)30-27(29-25)33-14-22(32)24-17(3)23(19(5)31)18(4)28-24/h6-13,28H,14H2,1-5H3,(H,29,30). The van der Waals surface area contributed by atoms with E-state index in [1.807, 2.05) is 13.8 Å². The van der Waals surface area contributed by atoms with Crippen molar-refractivity contribution in [3.8, 4) is 22.5 Å². The Hall–Kier alpha value is -3.38. The van der Waals surface area contributed by atoms with Gasteiger partial charge in [0.15, 0.2) is 16.7 Å². The number of hydrogen-bond donors (Lipinski definition) is 2.